The van der Waals surface area contributed by atoms with E-state index in [2.05, 4.69) is 54.8 Å². The van der Waals surface area contributed by atoms with Crippen LogP contribution >= 0.6 is 15.9 Å². The molecule has 0 bridgehead atoms. The second-order valence-corrected chi connectivity index (χ2v) is 9.49. The average molecular weight is 315 g/mol. The van der Waals surface area contributed by atoms with Crippen molar-refractivity contribution < 1.29 is 4.74 Å². The number of pyridine rings is 1. The van der Waals surface area contributed by atoms with Gasteiger partial charge in [-0.05, 0) is 33.5 Å². The summed E-state index contributed by atoms with van der Waals surface area (Å²) in [4.78, 5) is 4.17. The van der Waals surface area contributed by atoms with Gasteiger partial charge in [-0.2, -0.15) is 0 Å². The van der Waals surface area contributed by atoms with Crippen LogP contribution in [0.4, 0.5) is 0 Å². The van der Waals surface area contributed by atoms with Crippen LogP contribution in [0.2, 0.25) is 18.1 Å². The predicted molar refractivity (Wildman–Crippen MR) is 77.9 cm³/mol. The van der Waals surface area contributed by atoms with Gasteiger partial charge in [0.25, 0.3) is 0 Å². The van der Waals surface area contributed by atoms with Crippen LogP contribution in [0.5, 0.6) is 0 Å². The van der Waals surface area contributed by atoms with Crippen molar-refractivity contribution in [3.05, 3.63) is 28.0 Å². The second-order valence-electron chi connectivity index (χ2n) is 5.28. The summed E-state index contributed by atoms with van der Waals surface area (Å²) in [5.74, 6) is 0. The van der Waals surface area contributed by atoms with E-state index < -0.39 is 0 Å². The Morgan fingerprint density at radius 2 is 2.00 bits per heavy atom. The third-order valence-corrected chi connectivity index (χ3v) is 6.98. The first-order valence-corrected chi connectivity index (χ1v) is 9.11. The van der Waals surface area contributed by atoms with Gasteiger partial charge in [0.15, 0.2) is 0 Å². The van der Waals surface area contributed by atoms with E-state index in [4.69, 9.17) is 4.74 Å². The van der Waals surface area contributed by atoms with E-state index in [0.717, 1.165) is 16.6 Å². The first-order valence-electron chi connectivity index (χ1n) is 5.82. The van der Waals surface area contributed by atoms with E-state index in [-0.39, 0.29) is 8.80 Å². The molecule has 0 aliphatic carbocycles. The highest BCUT2D eigenvalue weighted by atomic mass is 79.9. The Morgan fingerprint density at radius 1 is 1.35 bits per heavy atom. The van der Waals surface area contributed by atoms with Crippen LogP contribution in [0.25, 0.3) is 0 Å². The molecule has 0 aromatic carbocycles. The quantitative estimate of drug-likeness (QED) is 0.760. The molecule has 1 radical (unpaired) electrons. The number of halogens is 1. The van der Waals surface area contributed by atoms with E-state index in [0.29, 0.717) is 11.6 Å². The number of aromatic nitrogens is 1. The van der Waals surface area contributed by atoms with E-state index in [1.165, 1.54) is 5.56 Å². The Kier molecular flexibility index (Phi) is 5.35. The molecular weight excluding hydrogens is 294 g/mol. The molecule has 4 heteroatoms. The van der Waals surface area contributed by atoms with E-state index >= 15 is 0 Å². The molecule has 0 atom stereocenters. The highest BCUT2D eigenvalue weighted by Gasteiger charge is 2.23. The van der Waals surface area contributed by atoms with Crippen molar-refractivity contribution in [2.45, 2.75) is 45.5 Å². The highest BCUT2D eigenvalue weighted by molar-refractivity contribution is 9.10. The average Bonchev–Trinajstić information content (AvgIpc) is 2.24. The Hall–Kier alpha value is -0.193. The molecule has 0 saturated carbocycles. The molecular formula is C13H21BrNOSi. The zero-order valence-electron chi connectivity index (χ0n) is 11.3. The lowest BCUT2D eigenvalue weighted by Crippen LogP contribution is -2.26. The molecule has 1 heterocycles. The highest BCUT2D eigenvalue weighted by Crippen LogP contribution is 2.29. The van der Waals surface area contributed by atoms with Crippen molar-refractivity contribution in [2.75, 3.05) is 6.61 Å². The van der Waals surface area contributed by atoms with Crippen molar-refractivity contribution in [3.8, 4) is 0 Å². The van der Waals surface area contributed by atoms with Gasteiger partial charge in [0, 0.05) is 29.0 Å². The van der Waals surface area contributed by atoms with Crippen LogP contribution < -0.4 is 0 Å². The maximum absolute atomic E-state index is 5.85. The smallest absolute Gasteiger partial charge is 0.0734 e. The fourth-order valence-electron chi connectivity index (χ4n) is 1.25. The molecule has 0 fully saturated rings. The van der Waals surface area contributed by atoms with E-state index in [1.54, 1.807) is 0 Å². The number of nitrogens with zero attached hydrogens (tertiary/aromatic N) is 1. The van der Waals surface area contributed by atoms with Gasteiger partial charge >= 0.3 is 0 Å². The summed E-state index contributed by atoms with van der Waals surface area (Å²) in [5.41, 5.74) is 2.38. The lowest BCUT2D eigenvalue weighted by Gasteiger charge is -2.27. The molecule has 0 unspecified atom stereocenters. The van der Waals surface area contributed by atoms with Crippen molar-refractivity contribution in [1.29, 1.82) is 0 Å². The molecule has 0 aliphatic heterocycles. The van der Waals surface area contributed by atoms with Gasteiger partial charge in [0.1, 0.15) is 0 Å². The summed E-state index contributed by atoms with van der Waals surface area (Å²) < 4.78 is 6.90. The minimum Gasteiger partial charge on any atom is -0.376 e. The Labute approximate surface area is 115 Å². The third kappa shape index (κ3) is 4.19. The monoisotopic (exact) mass is 314 g/mol. The molecule has 0 saturated heterocycles. The van der Waals surface area contributed by atoms with Crippen LogP contribution in [-0.4, -0.2) is 20.4 Å². The largest absolute Gasteiger partial charge is 0.376 e. The predicted octanol–water partition coefficient (Wildman–Crippen LogP) is 4.20. The van der Waals surface area contributed by atoms with Gasteiger partial charge in [0.05, 0.1) is 15.4 Å². The Balaban J connectivity index is 2.55. The molecule has 2 nitrogen and oxygen atoms in total. The maximum Gasteiger partial charge on any atom is 0.0734 e. The molecule has 1 rings (SSSR count). The summed E-state index contributed by atoms with van der Waals surface area (Å²) in [6.45, 7) is 12.8. The fraction of sp³-hybridized carbons (Fsp3) is 0.615. The van der Waals surface area contributed by atoms with Gasteiger partial charge in [-0.15, -0.1) is 0 Å². The Morgan fingerprint density at radius 3 is 2.59 bits per heavy atom. The zero-order chi connectivity index (χ0) is 13.1. The molecule has 1 aromatic rings. The molecule has 1 aromatic heterocycles. The summed E-state index contributed by atoms with van der Waals surface area (Å²) in [6, 6.07) is 0. The summed E-state index contributed by atoms with van der Waals surface area (Å²) in [6.07, 6.45) is 3.71. The standard InChI is InChI=1S/C13H21BrNOSi/c1-10-11(6-15-7-12(10)14)8-16-9-13(2,3)17(4)5/h6-7H,8-9H2,1-5H3. The Bertz CT molecular complexity index is 380. The minimum absolute atomic E-state index is 0.317. The summed E-state index contributed by atoms with van der Waals surface area (Å²) >= 11 is 3.49. The summed E-state index contributed by atoms with van der Waals surface area (Å²) in [5, 5.41) is 0.317. The van der Waals surface area contributed by atoms with E-state index in [9.17, 15) is 0 Å². The van der Waals surface area contributed by atoms with Crippen LogP contribution in [0.15, 0.2) is 16.9 Å². The minimum atomic E-state index is -0.333. The van der Waals surface area contributed by atoms with Crippen molar-refractivity contribution in [3.63, 3.8) is 0 Å². The van der Waals surface area contributed by atoms with Crippen LogP contribution in [-0.2, 0) is 11.3 Å². The van der Waals surface area contributed by atoms with Crippen LogP contribution in [0.3, 0.4) is 0 Å². The SMILES string of the molecule is Cc1c(Br)cncc1COCC(C)(C)[Si](C)C. The van der Waals surface area contributed by atoms with Crippen LogP contribution in [0.1, 0.15) is 25.0 Å². The van der Waals surface area contributed by atoms with Gasteiger partial charge in [-0.3, -0.25) is 4.98 Å². The van der Waals surface area contributed by atoms with Crippen molar-refractivity contribution in [2.24, 2.45) is 0 Å². The zero-order valence-corrected chi connectivity index (χ0v) is 13.9. The van der Waals surface area contributed by atoms with Gasteiger partial charge in [-0.1, -0.05) is 26.9 Å². The number of rotatable bonds is 5. The molecule has 95 valence electrons. The van der Waals surface area contributed by atoms with Gasteiger partial charge in [0.2, 0.25) is 0 Å². The topological polar surface area (TPSA) is 22.1 Å². The molecule has 0 aliphatic rings. The van der Waals surface area contributed by atoms with E-state index in [1.807, 2.05) is 12.4 Å². The van der Waals surface area contributed by atoms with Crippen molar-refractivity contribution in [1.82, 2.24) is 4.98 Å². The molecule has 17 heavy (non-hydrogen) atoms. The first-order chi connectivity index (χ1) is 7.84. The fourth-order valence-corrected chi connectivity index (χ4v) is 2.01. The number of hydrogen-bond donors (Lipinski definition) is 0. The summed E-state index contributed by atoms with van der Waals surface area (Å²) in [7, 11) is -0.333. The third-order valence-electron chi connectivity index (χ3n) is 3.33. The normalized spacial score (nSPS) is 12.2. The number of hydrogen-bond acceptors (Lipinski definition) is 2. The molecule has 0 N–H and O–H groups in total. The van der Waals surface area contributed by atoms with Gasteiger partial charge < -0.3 is 4.74 Å². The number of ether oxygens (including phenoxy) is 1. The van der Waals surface area contributed by atoms with Crippen LogP contribution in [0, 0.1) is 6.92 Å². The molecule has 0 spiro atoms. The lowest BCUT2D eigenvalue weighted by molar-refractivity contribution is 0.100. The second kappa shape index (κ2) is 6.11. The maximum atomic E-state index is 5.85. The lowest BCUT2D eigenvalue weighted by atomic mass is 10.2. The van der Waals surface area contributed by atoms with Crippen molar-refractivity contribution >= 4 is 24.7 Å². The first kappa shape index (κ1) is 14.9. The van der Waals surface area contributed by atoms with Gasteiger partial charge in [-0.25, -0.2) is 0 Å². The molecule has 0 amide bonds.